The van der Waals surface area contributed by atoms with Crippen LogP contribution in [-0.4, -0.2) is 59.9 Å². The summed E-state index contributed by atoms with van der Waals surface area (Å²) >= 11 is 6.71. The molecule has 2 heterocycles. The molecule has 1 amide bonds. The summed E-state index contributed by atoms with van der Waals surface area (Å²) in [5.41, 5.74) is 2.71. The summed E-state index contributed by atoms with van der Waals surface area (Å²) in [6, 6.07) is 6.71. The van der Waals surface area contributed by atoms with E-state index in [0.717, 1.165) is 18.7 Å². The lowest BCUT2D eigenvalue weighted by Gasteiger charge is -2.14. The predicted molar refractivity (Wildman–Crippen MR) is 143 cm³/mol. The molecule has 0 saturated heterocycles. The molecule has 1 fully saturated rings. The van der Waals surface area contributed by atoms with Crippen LogP contribution in [0.1, 0.15) is 44.9 Å². The number of aromatic nitrogens is 4. The number of hydrogen-bond donors (Lipinski definition) is 4. The second-order valence-corrected chi connectivity index (χ2v) is 11.1. The van der Waals surface area contributed by atoms with Gasteiger partial charge in [0.05, 0.1) is 40.7 Å². The van der Waals surface area contributed by atoms with Crippen LogP contribution in [-0.2, 0) is 14.8 Å². The molecule has 0 spiro atoms. The average molecular weight is 548 g/mol. The molecule has 4 rings (SSSR count). The van der Waals surface area contributed by atoms with Gasteiger partial charge in [0.25, 0.3) is 0 Å². The van der Waals surface area contributed by atoms with Crippen LogP contribution in [0.5, 0.6) is 0 Å². The van der Waals surface area contributed by atoms with Crippen molar-refractivity contribution in [2.75, 3.05) is 29.4 Å². The molecule has 2 aromatic heterocycles. The number of sulfonamides is 1. The molecule has 11 nitrogen and oxygen atoms in total. The van der Waals surface area contributed by atoms with Gasteiger partial charge in [0.15, 0.2) is 0 Å². The van der Waals surface area contributed by atoms with Gasteiger partial charge in [-0.25, -0.2) is 28.2 Å². The van der Waals surface area contributed by atoms with Crippen molar-refractivity contribution in [1.82, 2.24) is 25.3 Å². The molecule has 1 aliphatic carbocycles. The summed E-state index contributed by atoms with van der Waals surface area (Å²) in [7, 11) is -2.21. The van der Waals surface area contributed by atoms with E-state index >= 15 is 0 Å². The molecule has 4 N–H and O–H groups in total. The number of ether oxygens (including phenoxy) is 1. The minimum atomic E-state index is -3.52. The maximum Gasteiger partial charge on any atom is 0.407 e. The fourth-order valence-corrected chi connectivity index (χ4v) is 5.20. The Labute approximate surface area is 220 Å². The second kappa shape index (κ2) is 11.3. The Hall–Kier alpha value is -3.38. The van der Waals surface area contributed by atoms with Gasteiger partial charge >= 0.3 is 6.09 Å². The van der Waals surface area contributed by atoms with Gasteiger partial charge < -0.3 is 20.4 Å². The first-order valence-electron chi connectivity index (χ1n) is 12.0. The highest BCUT2D eigenvalue weighted by Gasteiger charge is 2.30. The van der Waals surface area contributed by atoms with E-state index < -0.39 is 16.1 Å². The molecule has 1 aliphatic rings. The zero-order valence-corrected chi connectivity index (χ0v) is 22.4. The number of amides is 1. The van der Waals surface area contributed by atoms with Gasteiger partial charge in [-0.1, -0.05) is 30.7 Å². The summed E-state index contributed by atoms with van der Waals surface area (Å²) in [5.74, 6) is 1.54. The molecule has 3 aromatic rings. The Bertz CT molecular complexity index is 1380. The first-order chi connectivity index (χ1) is 17.7. The SMILES string of the molecule is CCCS(=O)(=O)Nc1cccc(-c2nc(C3CC3)[nH]c2-c2ccnc(NC[C@H](C)NC(=O)OC)n2)c1Cl. The standard InChI is InChI=1S/C24H30ClN7O4S/c1-4-12-37(34,35)32-17-7-5-6-16(19(17)25)20-21(31-22(30-20)15-8-9-15)18-10-11-26-23(29-18)27-13-14(2)28-24(33)36-3/h5-7,10-11,14-15,32H,4,8-9,12-13H2,1-3H3,(H,28,33)(H,30,31)(H,26,27,29)/t14-/m0/s1. The van der Waals surface area contributed by atoms with Crippen molar-refractivity contribution in [1.29, 1.82) is 0 Å². The highest BCUT2D eigenvalue weighted by atomic mass is 35.5. The smallest absolute Gasteiger partial charge is 0.407 e. The van der Waals surface area contributed by atoms with E-state index in [1.54, 1.807) is 37.4 Å². The largest absolute Gasteiger partial charge is 0.453 e. The third-order valence-electron chi connectivity index (χ3n) is 5.71. The summed E-state index contributed by atoms with van der Waals surface area (Å²) in [4.78, 5) is 28.6. The number of imidazole rings is 1. The summed E-state index contributed by atoms with van der Waals surface area (Å²) in [5, 5.41) is 6.05. The molecule has 0 unspecified atom stereocenters. The summed E-state index contributed by atoms with van der Waals surface area (Å²) in [6.45, 7) is 4.01. The van der Waals surface area contributed by atoms with Crippen LogP contribution in [0.3, 0.4) is 0 Å². The van der Waals surface area contributed by atoms with Crippen molar-refractivity contribution < 1.29 is 17.9 Å². The van der Waals surface area contributed by atoms with Gasteiger partial charge in [-0.15, -0.1) is 0 Å². The highest BCUT2D eigenvalue weighted by molar-refractivity contribution is 7.92. The number of anilines is 2. The second-order valence-electron chi connectivity index (χ2n) is 8.89. The van der Waals surface area contributed by atoms with Gasteiger partial charge in [0.1, 0.15) is 5.82 Å². The van der Waals surface area contributed by atoms with Crippen LogP contribution < -0.4 is 15.4 Å². The van der Waals surface area contributed by atoms with Crippen LogP contribution in [0.25, 0.3) is 22.6 Å². The molecular formula is C24H30ClN7O4S. The van der Waals surface area contributed by atoms with Crippen molar-refractivity contribution in [3.8, 4) is 22.6 Å². The van der Waals surface area contributed by atoms with E-state index in [4.69, 9.17) is 16.6 Å². The number of hydrogen-bond acceptors (Lipinski definition) is 8. The minimum Gasteiger partial charge on any atom is -0.453 e. The Morgan fingerprint density at radius 1 is 1.27 bits per heavy atom. The van der Waals surface area contributed by atoms with Gasteiger partial charge in [-0.3, -0.25) is 4.72 Å². The minimum absolute atomic E-state index is 0.00246. The number of alkyl carbamates (subject to hydrolysis) is 1. The molecule has 37 heavy (non-hydrogen) atoms. The zero-order valence-electron chi connectivity index (χ0n) is 20.8. The van der Waals surface area contributed by atoms with Crippen molar-refractivity contribution in [3.63, 3.8) is 0 Å². The lowest BCUT2D eigenvalue weighted by molar-refractivity contribution is 0.168. The topological polar surface area (TPSA) is 151 Å². The number of nitrogens with zero attached hydrogens (tertiary/aromatic N) is 3. The Balaban J connectivity index is 1.66. The van der Waals surface area contributed by atoms with Crippen molar-refractivity contribution in [2.24, 2.45) is 0 Å². The number of aromatic amines is 1. The fourth-order valence-electron chi connectivity index (χ4n) is 3.74. The zero-order chi connectivity index (χ0) is 26.6. The molecule has 1 atom stereocenters. The van der Waals surface area contributed by atoms with Gasteiger partial charge in [0, 0.05) is 30.3 Å². The van der Waals surface area contributed by atoms with E-state index in [1.807, 2.05) is 6.92 Å². The van der Waals surface area contributed by atoms with Gasteiger partial charge in [-0.2, -0.15) is 0 Å². The summed E-state index contributed by atoms with van der Waals surface area (Å²) in [6.07, 6.45) is 3.68. The molecule has 13 heteroatoms. The first-order valence-corrected chi connectivity index (χ1v) is 14.0. The molecular weight excluding hydrogens is 518 g/mol. The van der Waals surface area contributed by atoms with Gasteiger partial charge in [0.2, 0.25) is 16.0 Å². The molecule has 198 valence electrons. The van der Waals surface area contributed by atoms with E-state index in [2.05, 4.69) is 35.0 Å². The molecule has 0 aliphatic heterocycles. The van der Waals surface area contributed by atoms with Crippen molar-refractivity contribution in [3.05, 3.63) is 41.3 Å². The molecule has 0 radical (unpaired) electrons. The predicted octanol–water partition coefficient (Wildman–Crippen LogP) is 4.37. The first kappa shape index (κ1) is 26.7. The fraction of sp³-hybridized carbons (Fsp3) is 0.417. The number of H-pyrrole nitrogens is 1. The Kier molecular flexibility index (Phi) is 8.18. The third kappa shape index (κ3) is 6.69. The van der Waals surface area contributed by atoms with Crippen LogP contribution in [0, 0.1) is 0 Å². The molecule has 1 saturated carbocycles. The van der Waals surface area contributed by atoms with Gasteiger partial charge in [-0.05, 0) is 38.3 Å². The number of rotatable bonds is 11. The van der Waals surface area contributed by atoms with Crippen molar-refractivity contribution in [2.45, 2.75) is 45.1 Å². The number of methoxy groups -OCH3 is 1. The number of carbonyl (C=O) groups excluding carboxylic acids is 1. The number of carbonyl (C=O) groups is 1. The van der Waals surface area contributed by atoms with E-state index in [9.17, 15) is 13.2 Å². The number of halogens is 1. The van der Waals surface area contributed by atoms with Crippen LogP contribution in [0.4, 0.5) is 16.4 Å². The quantitative estimate of drug-likeness (QED) is 0.276. The van der Waals surface area contributed by atoms with E-state index in [-0.39, 0.29) is 16.8 Å². The van der Waals surface area contributed by atoms with Crippen LogP contribution >= 0.6 is 11.6 Å². The molecule has 1 aromatic carbocycles. The summed E-state index contributed by atoms with van der Waals surface area (Å²) < 4.78 is 31.9. The third-order valence-corrected chi connectivity index (χ3v) is 7.59. The van der Waals surface area contributed by atoms with Crippen molar-refractivity contribution >= 4 is 39.4 Å². The Morgan fingerprint density at radius 3 is 2.76 bits per heavy atom. The maximum atomic E-state index is 12.4. The lowest BCUT2D eigenvalue weighted by atomic mass is 10.1. The number of nitrogens with one attached hydrogen (secondary N) is 4. The maximum absolute atomic E-state index is 12.4. The van der Waals surface area contributed by atoms with Crippen LogP contribution in [0.15, 0.2) is 30.5 Å². The normalized spacial score (nSPS) is 14.2. The molecule has 0 bridgehead atoms. The lowest BCUT2D eigenvalue weighted by Crippen LogP contribution is -2.37. The van der Waals surface area contributed by atoms with Crippen LogP contribution in [0.2, 0.25) is 5.02 Å². The Morgan fingerprint density at radius 2 is 2.05 bits per heavy atom. The average Bonchev–Trinajstić information content (AvgIpc) is 3.62. The van der Waals surface area contributed by atoms with E-state index in [0.29, 0.717) is 53.2 Å². The number of benzene rings is 1. The van der Waals surface area contributed by atoms with E-state index in [1.165, 1.54) is 7.11 Å². The monoisotopic (exact) mass is 547 g/mol. The highest BCUT2D eigenvalue weighted by Crippen LogP contribution is 2.43.